The number of hydrogen-bond donors (Lipinski definition) is 0. The summed E-state index contributed by atoms with van der Waals surface area (Å²) in [5, 5.41) is 0.721. The first-order chi connectivity index (χ1) is 10.2. The normalized spacial score (nSPS) is 10.6. The molecule has 1 heterocycles. The largest absolute Gasteiger partial charge is 0.216 e. The number of benzene rings is 2. The van der Waals surface area contributed by atoms with E-state index in [0.717, 1.165) is 16.7 Å². The van der Waals surface area contributed by atoms with Crippen molar-refractivity contribution in [1.29, 1.82) is 0 Å². The van der Waals surface area contributed by atoms with Crippen LogP contribution in [0, 0.1) is 6.92 Å². The van der Waals surface area contributed by atoms with E-state index in [2.05, 4.69) is 9.97 Å². The molecule has 0 aliphatic rings. The first kappa shape index (κ1) is 14.1. The molecule has 0 saturated heterocycles. The van der Waals surface area contributed by atoms with Gasteiger partial charge in [0.1, 0.15) is 10.3 Å². The molecule has 0 fully saturated rings. The van der Waals surface area contributed by atoms with E-state index < -0.39 is 0 Å². The van der Waals surface area contributed by atoms with Crippen LogP contribution in [0.25, 0.3) is 22.5 Å². The van der Waals surface area contributed by atoms with Gasteiger partial charge in [-0.15, -0.1) is 0 Å². The average molecular weight is 315 g/mol. The molecule has 2 aromatic carbocycles. The molecule has 0 bridgehead atoms. The quantitative estimate of drug-likeness (QED) is 0.590. The van der Waals surface area contributed by atoms with Crippen LogP contribution in [0.2, 0.25) is 10.3 Å². The van der Waals surface area contributed by atoms with E-state index >= 15 is 0 Å². The Morgan fingerprint density at radius 1 is 0.762 bits per heavy atom. The fourth-order valence-electron chi connectivity index (χ4n) is 2.20. The molecule has 21 heavy (non-hydrogen) atoms. The summed E-state index contributed by atoms with van der Waals surface area (Å²) < 4.78 is 0. The summed E-state index contributed by atoms with van der Waals surface area (Å²) >= 11 is 12.7. The predicted octanol–water partition coefficient (Wildman–Crippen LogP) is 5.43. The highest BCUT2D eigenvalue weighted by atomic mass is 35.5. The van der Waals surface area contributed by atoms with Gasteiger partial charge in [-0.2, -0.15) is 0 Å². The zero-order valence-corrected chi connectivity index (χ0v) is 12.9. The molecule has 0 aliphatic carbocycles. The molecule has 104 valence electrons. The lowest BCUT2D eigenvalue weighted by atomic mass is 10.1. The van der Waals surface area contributed by atoms with Gasteiger partial charge in [0.25, 0.3) is 0 Å². The van der Waals surface area contributed by atoms with Crippen LogP contribution in [0.1, 0.15) is 5.56 Å². The molecule has 4 heteroatoms. The van der Waals surface area contributed by atoms with Gasteiger partial charge in [0, 0.05) is 5.56 Å². The van der Waals surface area contributed by atoms with Crippen molar-refractivity contribution in [3.8, 4) is 22.5 Å². The van der Waals surface area contributed by atoms with Gasteiger partial charge in [-0.1, -0.05) is 77.8 Å². The van der Waals surface area contributed by atoms with Crippen LogP contribution in [0.4, 0.5) is 0 Å². The van der Waals surface area contributed by atoms with E-state index in [-0.39, 0.29) is 0 Å². The lowest BCUT2D eigenvalue weighted by Gasteiger charge is -2.10. The zero-order chi connectivity index (χ0) is 14.8. The third-order valence-corrected chi connectivity index (χ3v) is 3.82. The van der Waals surface area contributed by atoms with Crippen LogP contribution in [-0.2, 0) is 0 Å². The second-order valence-electron chi connectivity index (χ2n) is 4.68. The lowest BCUT2D eigenvalue weighted by Crippen LogP contribution is -1.96. The maximum absolute atomic E-state index is 6.34. The van der Waals surface area contributed by atoms with Crippen LogP contribution >= 0.6 is 23.2 Å². The van der Waals surface area contributed by atoms with E-state index in [4.69, 9.17) is 23.2 Å². The Kier molecular flexibility index (Phi) is 3.91. The maximum Gasteiger partial charge on any atom is 0.162 e. The second-order valence-corrected chi connectivity index (χ2v) is 5.40. The minimum Gasteiger partial charge on any atom is -0.216 e. The number of rotatable bonds is 2. The molecule has 3 rings (SSSR count). The van der Waals surface area contributed by atoms with Gasteiger partial charge >= 0.3 is 0 Å². The molecule has 0 spiro atoms. The summed E-state index contributed by atoms with van der Waals surface area (Å²) in [5.41, 5.74) is 3.58. The van der Waals surface area contributed by atoms with Crippen molar-refractivity contribution in [2.75, 3.05) is 0 Å². The maximum atomic E-state index is 6.34. The van der Waals surface area contributed by atoms with Crippen molar-refractivity contribution in [1.82, 2.24) is 9.97 Å². The number of halogens is 2. The van der Waals surface area contributed by atoms with Crippen molar-refractivity contribution in [3.63, 3.8) is 0 Å². The fourth-order valence-corrected chi connectivity index (χ4v) is 2.80. The molecular weight excluding hydrogens is 303 g/mol. The smallest absolute Gasteiger partial charge is 0.162 e. The van der Waals surface area contributed by atoms with Crippen molar-refractivity contribution in [2.45, 2.75) is 6.92 Å². The lowest BCUT2D eigenvalue weighted by molar-refractivity contribution is 1.17. The highest BCUT2D eigenvalue weighted by Gasteiger charge is 2.15. The fraction of sp³-hybridized carbons (Fsp3) is 0.0588. The number of hydrogen-bond acceptors (Lipinski definition) is 2. The molecule has 0 N–H and O–H groups in total. The number of aryl methyl sites for hydroxylation is 1. The Bertz CT molecular complexity index is 763. The highest BCUT2D eigenvalue weighted by molar-refractivity contribution is 6.37. The zero-order valence-electron chi connectivity index (χ0n) is 11.3. The van der Waals surface area contributed by atoms with E-state index in [1.54, 1.807) is 0 Å². The van der Waals surface area contributed by atoms with Gasteiger partial charge in [-0.3, -0.25) is 0 Å². The predicted molar refractivity (Wildman–Crippen MR) is 87.7 cm³/mol. The van der Waals surface area contributed by atoms with Crippen molar-refractivity contribution < 1.29 is 0 Å². The second kappa shape index (κ2) is 5.84. The summed E-state index contributed by atoms with van der Waals surface area (Å²) in [6.45, 7) is 2.01. The summed E-state index contributed by atoms with van der Waals surface area (Å²) in [6, 6.07) is 17.5. The van der Waals surface area contributed by atoms with E-state index in [0.29, 0.717) is 21.7 Å². The van der Waals surface area contributed by atoms with Crippen LogP contribution < -0.4 is 0 Å². The Labute approximate surface area is 133 Å². The molecule has 0 saturated carbocycles. The molecule has 0 amide bonds. The van der Waals surface area contributed by atoms with Gasteiger partial charge in [0.2, 0.25) is 0 Å². The first-order valence-corrected chi connectivity index (χ1v) is 7.27. The molecule has 0 radical (unpaired) electrons. The van der Waals surface area contributed by atoms with Gasteiger partial charge < -0.3 is 0 Å². The SMILES string of the molecule is Cc1ccccc1-c1nc(Cl)c(-c2ccccc2)c(Cl)n1. The monoisotopic (exact) mass is 314 g/mol. The average Bonchev–Trinajstić information content (AvgIpc) is 2.48. The minimum absolute atomic E-state index is 0.361. The van der Waals surface area contributed by atoms with Gasteiger partial charge in [-0.05, 0) is 18.1 Å². The summed E-state index contributed by atoms with van der Waals surface area (Å²) in [6.07, 6.45) is 0. The summed E-state index contributed by atoms with van der Waals surface area (Å²) in [4.78, 5) is 8.82. The van der Waals surface area contributed by atoms with E-state index in [1.807, 2.05) is 61.5 Å². The molecule has 0 unspecified atom stereocenters. The summed E-state index contributed by atoms with van der Waals surface area (Å²) in [5.74, 6) is 0.544. The Morgan fingerprint density at radius 2 is 1.33 bits per heavy atom. The molecule has 2 nitrogen and oxygen atoms in total. The Morgan fingerprint density at radius 3 is 1.95 bits per heavy atom. The molecular formula is C17H12Cl2N2. The van der Waals surface area contributed by atoms with E-state index in [1.165, 1.54) is 0 Å². The molecule has 1 aromatic heterocycles. The van der Waals surface area contributed by atoms with Crippen LogP contribution in [-0.4, -0.2) is 9.97 Å². The third kappa shape index (κ3) is 2.78. The first-order valence-electron chi connectivity index (χ1n) is 6.51. The topological polar surface area (TPSA) is 25.8 Å². The van der Waals surface area contributed by atoms with Gasteiger partial charge in [-0.25, -0.2) is 9.97 Å². The van der Waals surface area contributed by atoms with Crippen molar-refractivity contribution >= 4 is 23.2 Å². The van der Waals surface area contributed by atoms with Crippen LogP contribution in [0.15, 0.2) is 54.6 Å². The summed E-state index contributed by atoms with van der Waals surface area (Å²) in [7, 11) is 0. The standard InChI is InChI=1S/C17H12Cl2N2/c1-11-7-5-6-10-13(11)17-20-15(18)14(16(19)21-17)12-8-3-2-4-9-12/h2-10H,1H3. The van der Waals surface area contributed by atoms with E-state index in [9.17, 15) is 0 Å². The minimum atomic E-state index is 0.361. The Balaban J connectivity index is 2.15. The van der Waals surface area contributed by atoms with Crippen molar-refractivity contribution in [3.05, 3.63) is 70.5 Å². The Hall–Kier alpha value is -1.90. The van der Waals surface area contributed by atoms with Crippen molar-refractivity contribution in [2.24, 2.45) is 0 Å². The van der Waals surface area contributed by atoms with Crippen LogP contribution in [0.3, 0.4) is 0 Å². The number of aromatic nitrogens is 2. The molecule has 0 aliphatic heterocycles. The number of nitrogens with zero attached hydrogens (tertiary/aromatic N) is 2. The highest BCUT2D eigenvalue weighted by Crippen LogP contribution is 2.34. The molecule has 0 atom stereocenters. The third-order valence-electron chi connectivity index (χ3n) is 3.27. The van der Waals surface area contributed by atoms with Gasteiger partial charge in [0.05, 0.1) is 5.56 Å². The molecule has 3 aromatic rings. The van der Waals surface area contributed by atoms with Crippen LogP contribution in [0.5, 0.6) is 0 Å². The van der Waals surface area contributed by atoms with Gasteiger partial charge in [0.15, 0.2) is 5.82 Å².